The molecule has 0 saturated heterocycles. The molecule has 0 aliphatic heterocycles. The summed E-state index contributed by atoms with van der Waals surface area (Å²) in [4.78, 5) is 13.1. The van der Waals surface area contributed by atoms with Crippen LogP contribution >= 0.6 is 0 Å². The molecule has 0 atom stereocenters. The van der Waals surface area contributed by atoms with E-state index in [0.717, 1.165) is 0 Å². The van der Waals surface area contributed by atoms with E-state index < -0.39 is 4.92 Å². The lowest BCUT2D eigenvalue weighted by Gasteiger charge is -1.84. The van der Waals surface area contributed by atoms with Crippen molar-refractivity contribution in [3.8, 4) is 0 Å². The van der Waals surface area contributed by atoms with Gasteiger partial charge in [-0.05, 0) is 0 Å². The average molecular weight is 135 g/mol. The Bertz CT molecular complexity index is 214. The monoisotopic (exact) mass is 135 g/mol. The fourth-order valence-corrected chi connectivity index (χ4v) is 0.466. The molecule has 0 amide bonds. The van der Waals surface area contributed by atoms with Crippen LogP contribution in [0, 0.1) is 10.1 Å². The van der Waals surface area contributed by atoms with Crippen molar-refractivity contribution in [2.45, 2.75) is 0 Å². The molecule has 0 N–H and O–H groups in total. The largest absolute Gasteiger partial charge is 0.272 e. The summed E-state index contributed by atoms with van der Waals surface area (Å²) < 4.78 is 0. The molecule has 1 rings (SSSR count). The van der Waals surface area contributed by atoms with Crippen LogP contribution in [0.15, 0.2) is 24.5 Å². The summed E-state index contributed by atoms with van der Waals surface area (Å²) in [6.45, 7) is 0. The first-order chi connectivity index (χ1) is 4.30. The minimum Gasteiger partial charge on any atom is -0.264 e. The minimum atomic E-state index is -0.457. The van der Waals surface area contributed by atoms with E-state index in [1.807, 2.05) is 0 Å². The number of pyridine rings is 1. The van der Waals surface area contributed by atoms with Crippen molar-refractivity contribution in [1.29, 1.82) is 0 Å². The predicted molar refractivity (Wildman–Crippen MR) is 36.6 cm³/mol. The highest BCUT2D eigenvalue weighted by Gasteiger charge is 1.99. The van der Waals surface area contributed by atoms with Gasteiger partial charge in [-0.15, -0.1) is 0 Å². The van der Waals surface area contributed by atoms with Gasteiger partial charge >= 0.3 is 0 Å². The van der Waals surface area contributed by atoms with Crippen LogP contribution < -0.4 is 0 Å². The summed E-state index contributed by atoms with van der Waals surface area (Å²) in [7, 11) is 0. The Labute approximate surface area is 59.6 Å². The smallest absolute Gasteiger partial charge is 0.264 e. The third-order valence-electron chi connectivity index (χ3n) is 0.874. The van der Waals surface area contributed by atoms with Crippen LogP contribution in [0.1, 0.15) is 0 Å². The van der Waals surface area contributed by atoms with E-state index in [0.29, 0.717) is 0 Å². The highest BCUT2D eigenvalue weighted by Crippen LogP contribution is 2.05. The molecular formula is C5H4BN2O2. The molecule has 0 bridgehead atoms. The summed E-state index contributed by atoms with van der Waals surface area (Å²) in [5.41, 5.74) is 0.0741. The lowest BCUT2D eigenvalue weighted by atomic mass is 10.4. The third kappa shape index (κ3) is 1.85. The first kappa shape index (κ1) is 8.61. The maximum Gasteiger partial charge on any atom is 0.272 e. The van der Waals surface area contributed by atoms with Gasteiger partial charge in [-0.25, -0.2) is 0 Å². The highest BCUT2D eigenvalue weighted by atomic mass is 16.6. The van der Waals surface area contributed by atoms with Crippen molar-refractivity contribution in [1.82, 2.24) is 4.98 Å². The Balaban J connectivity index is 0.000000810. The number of nitro groups is 1. The summed E-state index contributed by atoms with van der Waals surface area (Å²) in [5.74, 6) is 0. The van der Waals surface area contributed by atoms with Crippen LogP contribution in [0.5, 0.6) is 0 Å². The second-order valence-electron chi connectivity index (χ2n) is 1.46. The van der Waals surface area contributed by atoms with E-state index in [9.17, 15) is 10.1 Å². The van der Waals surface area contributed by atoms with Gasteiger partial charge in [0.05, 0.1) is 4.92 Å². The zero-order chi connectivity index (χ0) is 6.69. The van der Waals surface area contributed by atoms with E-state index in [2.05, 4.69) is 4.98 Å². The molecule has 0 spiro atoms. The van der Waals surface area contributed by atoms with Gasteiger partial charge in [0.25, 0.3) is 5.69 Å². The van der Waals surface area contributed by atoms with Gasteiger partial charge in [-0.3, -0.25) is 15.1 Å². The van der Waals surface area contributed by atoms with Gasteiger partial charge < -0.3 is 0 Å². The number of hydrogen-bond acceptors (Lipinski definition) is 3. The fraction of sp³-hybridized carbons (Fsp3) is 0. The van der Waals surface area contributed by atoms with E-state index in [1.165, 1.54) is 24.5 Å². The van der Waals surface area contributed by atoms with Crippen molar-refractivity contribution >= 4 is 14.1 Å². The molecule has 0 unspecified atom stereocenters. The van der Waals surface area contributed by atoms with E-state index in [4.69, 9.17) is 0 Å². The first-order valence-electron chi connectivity index (χ1n) is 2.35. The Morgan fingerprint density at radius 1 is 1.40 bits per heavy atom. The predicted octanol–water partition coefficient (Wildman–Crippen LogP) is 0.609. The average Bonchev–Trinajstić information content (AvgIpc) is 1.90. The van der Waals surface area contributed by atoms with Gasteiger partial charge in [0.15, 0.2) is 0 Å². The van der Waals surface area contributed by atoms with Crippen molar-refractivity contribution in [3.05, 3.63) is 34.6 Å². The van der Waals surface area contributed by atoms with Gasteiger partial charge in [0, 0.05) is 32.9 Å². The Morgan fingerprint density at radius 2 is 1.90 bits per heavy atom. The highest BCUT2D eigenvalue weighted by molar-refractivity contribution is 5.75. The molecule has 0 fully saturated rings. The molecule has 3 radical (unpaired) electrons. The maximum atomic E-state index is 9.98. The quantitative estimate of drug-likeness (QED) is 0.322. The Kier molecular flexibility index (Phi) is 3.11. The molecule has 0 aliphatic rings. The van der Waals surface area contributed by atoms with Crippen LogP contribution in [0.2, 0.25) is 0 Å². The van der Waals surface area contributed by atoms with Gasteiger partial charge in [-0.1, -0.05) is 0 Å². The molecule has 49 valence electrons. The summed E-state index contributed by atoms with van der Waals surface area (Å²) in [6.07, 6.45) is 2.77. The molecule has 5 heteroatoms. The Hall–Kier alpha value is -1.39. The van der Waals surface area contributed by atoms with Crippen molar-refractivity contribution < 1.29 is 4.92 Å². The molecule has 1 aromatic heterocycles. The van der Waals surface area contributed by atoms with E-state index in [1.54, 1.807) is 0 Å². The number of nitrogens with zero attached hydrogens (tertiary/aromatic N) is 2. The van der Waals surface area contributed by atoms with Crippen LogP contribution in [0.3, 0.4) is 0 Å². The summed E-state index contributed by atoms with van der Waals surface area (Å²) in [5, 5.41) is 9.98. The van der Waals surface area contributed by atoms with Crippen molar-refractivity contribution in [2.75, 3.05) is 0 Å². The van der Waals surface area contributed by atoms with E-state index >= 15 is 0 Å². The number of rotatable bonds is 1. The minimum absolute atomic E-state index is 0. The summed E-state index contributed by atoms with van der Waals surface area (Å²) in [6, 6.07) is 2.69. The third-order valence-corrected chi connectivity index (χ3v) is 0.874. The second-order valence-corrected chi connectivity index (χ2v) is 1.46. The van der Waals surface area contributed by atoms with Gasteiger partial charge in [0.2, 0.25) is 0 Å². The van der Waals surface area contributed by atoms with Gasteiger partial charge in [0.1, 0.15) is 0 Å². The normalized spacial score (nSPS) is 8.00. The zero-order valence-corrected chi connectivity index (χ0v) is 5.10. The molecule has 0 aliphatic carbocycles. The van der Waals surface area contributed by atoms with Crippen LogP contribution in [-0.4, -0.2) is 18.3 Å². The Morgan fingerprint density at radius 3 is 2.20 bits per heavy atom. The number of hydrogen-bond donors (Lipinski definition) is 0. The fourth-order valence-electron chi connectivity index (χ4n) is 0.466. The molecule has 10 heavy (non-hydrogen) atoms. The lowest BCUT2D eigenvalue weighted by Crippen LogP contribution is -1.85. The molecule has 1 aromatic rings. The molecular weight excluding hydrogens is 131 g/mol. The van der Waals surface area contributed by atoms with Gasteiger partial charge in [-0.2, -0.15) is 0 Å². The van der Waals surface area contributed by atoms with Crippen LogP contribution in [0.4, 0.5) is 5.69 Å². The molecule has 0 aromatic carbocycles. The topological polar surface area (TPSA) is 56.0 Å². The maximum absolute atomic E-state index is 9.98. The van der Waals surface area contributed by atoms with Crippen LogP contribution in [-0.2, 0) is 0 Å². The second kappa shape index (κ2) is 3.60. The van der Waals surface area contributed by atoms with Crippen LogP contribution in [0.25, 0.3) is 0 Å². The zero-order valence-electron chi connectivity index (χ0n) is 5.10. The SMILES string of the molecule is O=[N+]([O-])c1ccncc1.[B]. The number of aromatic nitrogens is 1. The van der Waals surface area contributed by atoms with Crippen molar-refractivity contribution in [3.63, 3.8) is 0 Å². The first-order valence-corrected chi connectivity index (χ1v) is 2.35. The standard InChI is InChI=1S/C5H4N2O2.B/c8-7(9)5-1-3-6-4-2-5;/h1-4H;. The molecule has 4 nitrogen and oxygen atoms in total. The lowest BCUT2D eigenvalue weighted by molar-refractivity contribution is -0.384. The summed E-state index contributed by atoms with van der Waals surface area (Å²) >= 11 is 0. The van der Waals surface area contributed by atoms with E-state index in [-0.39, 0.29) is 14.1 Å². The van der Waals surface area contributed by atoms with Crippen molar-refractivity contribution in [2.24, 2.45) is 0 Å². The molecule has 0 saturated carbocycles. The molecule has 1 heterocycles.